The van der Waals surface area contributed by atoms with Gasteiger partial charge in [0.15, 0.2) is 5.78 Å². The van der Waals surface area contributed by atoms with Crippen molar-refractivity contribution in [2.75, 3.05) is 0 Å². The van der Waals surface area contributed by atoms with Crippen LogP contribution < -0.4 is 0 Å². The Kier molecular flexibility index (Phi) is 3.92. The van der Waals surface area contributed by atoms with Crippen molar-refractivity contribution in [1.82, 2.24) is 0 Å². The fourth-order valence-electron chi connectivity index (χ4n) is 2.30. The van der Waals surface area contributed by atoms with Crippen molar-refractivity contribution in [1.29, 1.82) is 0 Å². The van der Waals surface area contributed by atoms with Crippen molar-refractivity contribution in [2.24, 2.45) is 5.92 Å². The van der Waals surface area contributed by atoms with Gasteiger partial charge in [0.2, 0.25) is 0 Å². The molecule has 0 aliphatic heterocycles. The predicted molar refractivity (Wildman–Crippen MR) is 65.0 cm³/mol. The van der Waals surface area contributed by atoms with E-state index in [9.17, 15) is 13.6 Å². The Morgan fingerprint density at radius 1 is 1.12 bits per heavy atom. The van der Waals surface area contributed by atoms with Crippen LogP contribution in [0.2, 0.25) is 0 Å². The molecule has 1 aromatic rings. The Balaban J connectivity index is 2.26. The molecule has 0 amide bonds. The fourth-order valence-corrected chi connectivity index (χ4v) is 2.61. The minimum Gasteiger partial charge on any atom is -0.294 e. The molecule has 0 heterocycles. The van der Waals surface area contributed by atoms with Gasteiger partial charge in [-0.05, 0) is 40.9 Å². The molecular weight excluding hydrogens is 290 g/mol. The first-order chi connectivity index (χ1) is 8.09. The zero-order valence-electron chi connectivity index (χ0n) is 9.31. The molecule has 4 heteroatoms. The van der Waals surface area contributed by atoms with Crippen LogP contribution in [0.15, 0.2) is 16.6 Å². The molecule has 0 N–H and O–H groups in total. The molecule has 1 aliphatic rings. The molecule has 1 aliphatic carbocycles. The minimum absolute atomic E-state index is 0.0511. The normalized spacial score (nSPS) is 17.1. The van der Waals surface area contributed by atoms with Crippen LogP contribution in [0.1, 0.15) is 42.5 Å². The van der Waals surface area contributed by atoms with Crippen molar-refractivity contribution >= 4 is 21.7 Å². The lowest BCUT2D eigenvalue weighted by molar-refractivity contribution is 0.0884. The van der Waals surface area contributed by atoms with Crippen LogP contribution in [0.25, 0.3) is 0 Å². The molecule has 1 fully saturated rings. The Labute approximate surface area is 107 Å². The topological polar surface area (TPSA) is 17.1 Å². The van der Waals surface area contributed by atoms with Crippen molar-refractivity contribution in [3.63, 3.8) is 0 Å². The summed E-state index contributed by atoms with van der Waals surface area (Å²) in [5, 5.41) is 0. The summed E-state index contributed by atoms with van der Waals surface area (Å²) in [4.78, 5) is 12.1. The molecule has 1 aromatic carbocycles. The molecule has 1 nitrogen and oxygen atoms in total. The summed E-state index contributed by atoms with van der Waals surface area (Å²) in [6.45, 7) is 0. The number of Topliss-reactive ketones (excluding diaryl/α,β-unsaturated/α-hetero) is 1. The third kappa shape index (κ3) is 2.73. The summed E-state index contributed by atoms with van der Waals surface area (Å²) >= 11 is 2.90. The smallest absolute Gasteiger partial charge is 0.168 e. The molecule has 0 spiro atoms. The van der Waals surface area contributed by atoms with Gasteiger partial charge in [-0.1, -0.05) is 19.3 Å². The zero-order valence-corrected chi connectivity index (χ0v) is 10.9. The second-order valence-corrected chi connectivity index (χ2v) is 5.30. The summed E-state index contributed by atoms with van der Waals surface area (Å²) in [7, 11) is 0. The lowest BCUT2D eigenvalue weighted by atomic mass is 9.84. The van der Waals surface area contributed by atoms with Crippen molar-refractivity contribution < 1.29 is 13.6 Å². The van der Waals surface area contributed by atoms with Crippen LogP contribution in [0.4, 0.5) is 8.78 Å². The van der Waals surface area contributed by atoms with Gasteiger partial charge in [-0.2, -0.15) is 0 Å². The highest BCUT2D eigenvalue weighted by Crippen LogP contribution is 2.29. The number of hydrogen-bond donors (Lipinski definition) is 0. The van der Waals surface area contributed by atoms with E-state index in [1.54, 1.807) is 0 Å². The van der Waals surface area contributed by atoms with Gasteiger partial charge in [0.25, 0.3) is 0 Å². The SMILES string of the molecule is O=C(c1cc(F)c(Br)cc1F)C1CCCCC1. The Morgan fingerprint density at radius 3 is 2.41 bits per heavy atom. The lowest BCUT2D eigenvalue weighted by Crippen LogP contribution is -2.19. The number of carbonyl (C=O) groups excluding carboxylic acids is 1. The van der Waals surface area contributed by atoms with Gasteiger partial charge in [0, 0.05) is 5.92 Å². The first-order valence-electron chi connectivity index (χ1n) is 5.78. The number of halogens is 3. The molecule has 0 radical (unpaired) electrons. The molecule has 0 bridgehead atoms. The standard InChI is InChI=1S/C13H13BrF2O/c14-10-7-11(15)9(6-12(10)16)13(17)8-4-2-1-3-5-8/h6-8H,1-5H2. The molecule has 1 saturated carbocycles. The van der Waals surface area contributed by atoms with Crippen molar-refractivity contribution in [3.05, 3.63) is 33.8 Å². The highest BCUT2D eigenvalue weighted by molar-refractivity contribution is 9.10. The molecular formula is C13H13BrF2O. The van der Waals surface area contributed by atoms with E-state index in [2.05, 4.69) is 15.9 Å². The van der Waals surface area contributed by atoms with E-state index in [1.807, 2.05) is 0 Å². The highest BCUT2D eigenvalue weighted by atomic mass is 79.9. The largest absolute Gasteiger partial charge is 0.294 e. The van der Waals surface area contributed by atoms with Gasteiger partial charge in [0.1, 0.15) is 11.6 Å². The van der Waals surface area contributed by atoms with Crippen LogP contribution in [-0.4, -0.2) is 5.78 Å². The first-order valence-corrected chi connectivity index (χ1v) is 6.57. The van der Waals surface area contributed by atoms with E-state index in [1.165, 1.54) is 0 Å². The Hall–Kier alpha value is -0.770. The fraction of sp³-hybridized carbons (Fsp3) is 0.462. The van der Waals surface area contributed by atoms with Gasteiger partial charge in [-0.3, -0.25) is 4.79 Å². The maximum Gasteiger partial charge on any atom is 0.168 e. The van der Waals surface area contributed by atoms with Crippen LogP contribution in [0, 0.1) is 17.6 Å². The number of ketones is 1. The van der Waals surface area contributed by atoms with Gasteiger partial charge < -0.3 is 0 Å². The van der Waals surface area contributed by atoms with E-state index in [0.717, 1.165) is 44.2 Å². The van der Waals surface area contributed by atoms with Crippen LogP contribution in [-0.2, 0) is 0 Å². The Morgan fingerprint density at radius 2 is 1.76 bits per heavy atom. The number of rotatable bonds is 2. The average Bonchev–Trinajstić information content (AvgIpc) is 2.34. The van der Waals surface area contributed by atoms with Gasteiger partial charge in [-0.25, -0.2) is 8.78 Å². The number of carbonyl (C=O) groups is 1. The van der Waals surface area contributed by atoms with Gasteiger partial charge >= 0.3 is 0 Å². The third-order valence-corrected chi connectivity index (χ3v) is 3.86. The predicted octanol–water partition coefficient (Wildman–Crippen LogP) is 4.49. The van der Waals surface area contributed by atoms with Crippen molar-refractivity contribution in [3.8, 4) is 0 Å². The third-order valence-electron chi connectivity index (χ3n) is 3.25. The number of hydrogen-bond acceptors (Lipinski definition) is 1. The monoisotopic (exact) mass is 302 g/mol. The molecule has 0 unspecified atom stereocenters. The van der Waals surface area contributed by atoms with E-state index >= 15 is 0 Å². The van der Waals surface area contributed by atoms with Crippen LogP contribution in [0.3, 0.4) is 0 Å². The highest BCUT2D eigenvalue weighted by Gasteiger charge is 2.25. The molecule has 2 rings (SSSR count). The van der Waals surface area contributed by atoms with Crippen molar-refractivity contribution in [2.45, 2.75) is 32.1 Å². The van der Waals surface area contributed by atoms with Crippen LogP contribution in [0.5, 0.6) is 0 Å². The maximum absolute atomic E-state index is 13.6. The Bertz CT molecular complexity index is 439. The summed E-state index contributed by atoms with van der Waals surface area (Å²) in [6.07, 6.45) is 4.70. The average molecular weight is 303 g/mol. The van der Waals surface area contributed by atoms with Crippen LogP contribution >= 0.6 is 15.9 Å². The molecule has 0 aromatic heterocycles. The van der Waals surface area contributed by atoms with E-state index in [-0.39, 0.29) is 21.7 Å². The second-order valence-electron chi connectivity index (χ2n) is 4.45. The summed E-state index contributed by atoms with van der Waals surface area (Å²) < 4.78 is 27.0. The maximum atomic E-state index is 13.6. The quantitative estimate of drug-likeness (QED) is 0.581. The molecule has 92 valence electrons. The summed E-state index contributed by atoms with van der Waals surface area (Å²) in [5.74, 6) is -1.63. The summed E-state index contributed by atoms with van der Waals surface area (Å²) in [6, 6.07) is 2.02. The molecule has 0 atom stereocenters. The summed E-state index contributed by atoms with van der Waals surface area (Å²) in [5.41, 5.74) is -0.113. The number of benzene rings is 1. The van der Waals surface area contributed by atoms with Gasteiger partial charge in [-0.15, -0.1) is 0 Å². The van der Waals surface area contributed by atoms with E-state index in [0.29, 0.717) is 0 Å². The van der Waals surface area contributed by atoms with E-state index in [4.69, 9.17) is 0 Å². The lowest BCUT2D eigenvalue weighted by Gasteiger charge is -2.20. The zero-order chi connectivity index (χ0) is 12.4. The first kappa shape index (κ1) is 12.7. The van der Waals surface area contributed by atoms with E-state index < -0.39 is 11.6 Å². The molecule has 17 heavy (non-hydrogen) atoms. The minimum atomic E-state index is -0.645. The second kappa shape index (κ2) is 5.25. The van der Waals surface area contributed by atoms with Gasteiger partial charge in [0.05, 0.1) is 10.0 Å². The molecule has 0 saturated heterocycles.